The molecular weight excluding hydrogens is 367 g/mol. The first-order chi connectivity index (χ1) is 11.8. The number of amides is 1. The molecule has 1 aliphatic heterocycles. The predicted molar refractivity (Wildman–Crippen MR) is 97.9 cm³/mol. The summed E-state index contributed by atoms with van der Waals surface area (Å²) in [5, 5.41) is 13.0. The standard InChI is InChI=1S/C17H22Cl2N2O4/c1-9-12(16(22)25-3)8-13(18)14(19)15(9)20-10(2)11-4-6-21(7-5-11)17(23)24/h8,10-11,20H,4-7H2,1-3H3,(H,23,24)/t10-/m0/s1. The number of hydrogen-bond acceptors (Lipinski definition) is 4. The summed E-state index contributed by atoms with van der Waals surface area (Å²) in [6.07, 6.45) is 0.652. The Morgan fingerprint density at radius 1 is 1.36 bits per heavy atom. The zero-order valence-corrected chi connectivity index (χ0v) is 15.9. The number of esters is 1. The molecule has 2 rings (SSSR count). The molecule has 0 spiro atoms. The average Bonchev–Trinajstić information content (AvgIpc) is 2.60. The highest BCUT2D eigenvalue weighted by Crippen LogP contribution is 2.37. The first kappa shape index (κ1) is 19.7. The summed E-state index contributed by atoms with van der Waals surface area (Å²) in [6.45, 7) is 4.84. The summed E-state index contributed by atoms with van der Waals surface area (Å²) in [4.78, 5) is 24.4. The number of anilines is 1. The maximum Gasteiger partial charge on any atom is 0.407 e. The Morgan fingerprint density at radius 2 is 1.96 bits per heavy atom. The number of piperidine rings is 1. The van der Waals surface area contributed by atoms with Gasteiger partial charge in [0.2, 0.25) is 0 Å². The maximum absolute atomic E-state index is 11.9. The van der Waals surface area contributed by atoms with Crippen molar-refractivity contribution in [3.8, 4) is 0 Å². The van der Waals surface area contributed by atoms with Crippen LogP contribution >= 0.6 is 23.2 Å². The molecule has 0 aliphatic carbocycles. The van der Waals surface area contributed by atoms with E-state index in [1.54, 1.807) is 6.92 Å². The van der Waals surface area contributed by atoms with Crippen molar-refractivity contribution >= 4 is 41.0 Å². The van der Waals surface area contributed by atoms with E-state index in [1.807, 2.05) is 6.92 Å². The molecule has 1 saturated heterocycles. The van der Waals surface area contributed by atoms with E-state index in [-0.39, 0.29) is 11.1 Å². The molecule has 2 N–H and O–H groups in total. The van der Waals surface area contributed by atoms with Gasteiger partial charge in [0, 0.05) is 19.1 Å². The van der Waals surface area contributed by atoms with Crippen LogP contribution in [0, 0.1) is 12.8 Å². The number of likely N-dealkylation sites (tertiary alicyclic amines) is 1. The molecule has 1 amide bonds. The Hall–Kier alpha value is -1.66. The Bertz CT molecular complexity index is 673. The van der Waals surface area contributed by atoms with Crippen molar-refractivity contribution in [1.29, 1.82) is 0 Å². The molecule has 25 heavy (non-hydrogen) atoms. The molecule has 6 nitrogen and oxygen atoms in total. The van der Waals surface area contributed by atoms with E-state index >= 15 is 0 Å². The topological polar surface area (TPSA) is 78.9 Å². The Balaban J connectivity index is 2.18. The third-order valence-electron chi connectivity index (χ3n) is 4.77. The van der Waals surface area contributed by atoms with Gasteiger partial charge >= 0.3 is 12.1 Å². The van der Waals surface area contributed by atoms with Crippen molar-refractivity contribution in [1.82, 2.24) is 4.90 Å². The van der Waals surface area contributed by atoms with E-state index in [4.69, 9.17) is 33.0 Å². The van der Waals surface area contributed by atoms with Crippen LogP contribution in [0.5, 0.6) is 0 Å². The number of hydrogen-bond donors (Lipinski definition) is 2. The molecule has 0 unspecified atom stereocenters. The van der Waals surface area contributed by atoms with Gasteiger partial charge in [-0.1, -0.05) is 23.2 Å². The summed E-state index contributed by atoms with van der Waals surface area (Å²) >= 11 is 12.5. The lowest BCUT2D eigenvalue weighted by molar-refractivity contribution is 0.0600. The van der Waals surface area contributed by atoms with Crippen LogP contribution in [0.1, 0.15) is 35.7 Å². The van der Waals surface area contributed by atoms with E-state index in [9.17, 15) is 9.59 Å². The van der Waals surface area contributed by atoms with Gasteiger partial charge in [-0.05, 0) is 44.2 Å². The fraction of sp³-hybridized carbons (Fsp3) is 0.529. The van der Waals surface area contributed by atoms with E-state index in [2.05, 4.69) is 5.32 Å². The third kappa shape index (κ3) is 4.30. The molecule has 1 heterocycles. The quantitative estimate of drug-likeness (QED) is 0.752. The number of rotatable bonds is 4. The summed E-state index contributed by atoms with van der Waals surface area (Å²) in [6, 6.07) is 1.56. The van der Waals surface area contributed by atoms with Gasteiger partial charge in [0.25, 0.3) is 0 Å². The van der Waals surface area contributed by atoms with Crippen LogP contribution in [-0.4, -0.2) is 48.3 Å². The zero-order chi connectivity index (χ0) is 18.7. The molecule has 0 saturated carbocycles. The zero-order valence-electron chi connectivity index (χ0n) is 14.4. The minimum atomic E-state index is -0.879. The van der Waals surface area contributed by atoms with Crippen LogP contribution in [0.3, 0.4) is 0 Å². The van der Waals surface area contributed by atoms with Crippen LogP contribution < -0.4 is 5.32 Å². The van der Waals surface area contributed by atoms with Gasteiger partial charge in [-0.2, -0.15) is 0 Å². The first-order valence-electron chi connectivity index (χ1n) is 8.07. The molecular formula is C17H22Cl2N2O4. The second kappa shape index (κ2) is 8.15. The largest absolute Gasteiger partial charge is 0.465 e. The molecule has 1 atom stereocenters. The minimum absolute atomic E-state index is 0.0520. The number of benzene rings is 1. The lowest BCUT2D eigenvalue weighted by Gasteiger charge is -2.34. The highest BCUT2D eigenvalue weighted by molar-refractivity contribution is 6.44. The molecule has 1 fully saturated rings. The Kier molecular flexibility index (Phi) is 6.41. The van der Waals surface area contributed by atoms with Crippen molar-refractivity contribution in [2.24, 2.45) is 5.92 Å². The summed E-state index contributed by atoms with van der Waals surface area (Å²) in [7, 11) is 1.32. The van der Waals surface area contributed by atoms with Gasteiger partial charge in [-0.3, -0.25) is 0 Å². The number of nitrogens with one attached hydrogen (secondary N) is 1. The normalized spacial score (nSPS) is 16.4. The third-order valence-corrected chi connectivity index (χ3v) is 5.56. The summed E-state index contributed by atoms with van der Waals surface area (Å²) < 4.78 is 4.79. The summed E-state index contributed by atoms with van der Waals surface area (Å²) in [5.41, 5.74) is 1.66. The monoisotopic (exact) mass is 388 g/mol. The first-order valence-corrected chi connectivity index (χ1v) is 8.83. The van der Waals surface area contributed by atoms with Crippen LogP contribution in [0.25, 0.3) is 0 Å². The van der Waals surface area contributed by atoms with Crippen LogP contribution in [0.15, 0.2) is 6.07 Å². The van der Waals surface area contributed by atoms with Crippen molar-refractivity contribution < 1.29 is 19.4 Å². The molecule has 8 heteroatoms. The van der Waals surface area contributed by atoms with Gasteiger partial charge < -0.3 is 20.1 Å². The van der Waals surface area contributed by atoms with E-state index in [0.29, 0.717) is 40.8 Å². The number of ether oxygens (including phenoxy) is 1. The number of carbonyl (C=O) groups is 2. The number of carbonyl (C=O) groups excluding carboxylic acids is 1. The summed E-state index contributed by atoms with van der Waals surface area (Å²) in [5.74, 6) is -0.173. The fourth-order valence-corrected chi connectivity index (χ4v) is 3.60. The second-order valence-corrected chi connectivity index (χ2v) is 7.04. The molecule has 1 aromatic carbocycles. The maximum atomic E-state index is 11.9. The highest BCUT2D eigenvalue weighted by atomic mass is 35.5. The molecule has 0 aromatic heterocycles. The van der Waals surface area contributed by atoms with Gasteiger partial charge in [0.05, 0.1) is 28.4 Å². The highest BCUT2D eigenvalue weighted by Gasteiger charge is 2.27. The van der Waals surface area contributed by atoms with E-state index < -0.39 is 12.1 Å². The molecule has 0 radical (unpaired) electrons. The van der Waals surface area contributed by atoms with Crippen molar-refractivity contribution in [2.45, 2.75) is 32.7 Å². The molecule has 138 valence electrons. The minimum Gasteiger partial charge on any atom is -0.465 e. The predicted octanol–water partition coefficient (Wildman–Crippen LogP) is 4.28. The fourth-order valence-electron chi connectivity index (χ4n) is 3.15. The van der Waals surface area contributed by atoms with E-state index in [0.717, 1.165) is 12.8 Å². The average molecular weight is 389 g/mol. The van der Waals surface area contributed by atoms with Gasteiger partial charge in [0.15, 0.2) is 0 Å². The van der Waals surface area contributed by atoms with E-state index in [1.165, 1.54) is 18.1 Å². The Labute approximate surface area is 157 Å². The lowest BCUT2D eigenvalue weighted by Crippen LogP contribution is -2.41. The lowest BCUT2D eigenvalue weighted by atomic mass is 9.90. The smallest absolute Gasteiger partial charge is 0.407 e. The van der Waals surface area contributed by atoms with Crippen LogP contribution in [0.2, 0.25) is 10.0 Å². The molecule has 1 aromatic rings. The van der Waals surface area contributed by atoms with Gasteiger partial charge in [-0.15, -0.1) is 0 Å². The van der Waals surface area contributed by atoms with Gasteiger partial charge in [0.1, 0.15) is 0 Å². The van der Waals surface area contributed by atoms with Crippen LogP contribution in [0.4, 0.5) is 10.5 Å². The van der Waals surface area contributed by atoms with Crippen molar-refractivity contribution in [2.75, 3.05) is 25.5 Å². The Morgan fingerprint density at radius 3 is 2.48 bits per heavy atom. The SMILES string of the molecule is COC(=O)c1cc(Cl)c(Cl)c(N[C@@H](C)C2CCN(C(=O)O)CC2)c1C. The second-order valence-electron chi connectivity index (χ2n) is 6.25. The van der Waals surface area contributed by atoms with Gasteiger partial charge in [-0.25, -0.2) is 9.59 Å². The molecule has 1 aliphatic rings. The number of halogens is 2. The number of methoxy groups -OCH3 is 1. The van der Waals surface area contributed by atoms with Crippen molar-refractivity contribution in [3.63, 3.8) is 0 Å². The van der Waals surface area contributed by atoms with Crippen molar-refractivity contribution in [3.05, 3.63) is 27.2 Å². The number of carboxylic acid groups (broad SMARTS) is 1. The molecule has 0 bridgehead atoms. The van der Waals surface area contributed by atoms with Crippen LogP contribution in [-0.2, 0) is 4.74 Å². The number of nitrogens with zero attached hydrogens (tertiary/aromatic N) is 1.